The highest BCUT2D eigenvalue weighted by Gasteiger charge is 2.29. The highest BCUT2D eigenvalue weighted by molar-refractivity contribution is 5.98. The SMILES string of the molecule is CC(C)[C@H](NC(=O)OC(C)(C)C)C(=O)N[C@@H](C)C(=O)Nc1ccc(CO)c(CCCN)c1. The van der Waals surface area contributed by atoms with Crippen LogP contribution >= 0.6 is 0 Å². The molecule has 0 fully saturated rings. The number of amides is 3. The molecule has 9 heteroatoms. The van der Waals surface area contributed by atoms with Crippen LogP contribution < -0.4 is 21.7 Å². The van der Waals surface area contributed by atoms with Gasteiger partial charge in [0.1, 0.15) is 17.7 Å². The Kier molecular flexibility index (Phi) is 10.6. The number of nitrogens with one attached hydrogen (secondary N) is 3. The first-order valence-corrected chi connectivity index (χ1v) is 10.9. The number of carbonyl (C=O) groups is 3. The average Bonchev–Trinajstić information content (AvgIpc) is 2.68. The summed E-state index contributed by atoms with van der Waals surface area (Å²) in [7, 11) is 0. The van der Waals surface area contributed by atoms with Gasteiger partial charge in [0.25, 0.3) is 0 Å². The lowest BCUT2D eigenvalue weighted by atomic mass is 10.0. The lowest BCUT2D eigenvalue weighted by Gasteiger charge is -2.26. The zero-order valence-electron chi connectivity index (χ0n) is 20.0. The van der Waals surface area contributed by atoms with Crippen LogP contribution in [0.3, 0.4) is 0 Å². The maximum Gasteiger partial charge on any atom is 0.408 e. The third kappa shape index (κ3) is 9.23. The van der Waals surface area contributed by atoms with Gasteiger partial charge in [0, 0.05) is 5.69 Å². The molecule has 0 radical (unpaired) electrons. The average molecular weight is 451 g/mol. The number of anilines is 1. The van der Waals surface area contributed by atoms with Crippen molar-refractivity contribution in [3.8, 4) is 0 Å². The Hall–Kier alpha value is -2.65. The molecule has 180 valence electrons. The molecule has 0 aromatic heterocycles. The fraction of sp³-hybridized carbons (Fsp3) is 0.609. The van der Waals surface area contributed by atoms with Crippen LogP contribution in [0.25, 0.3) is 0 Å². The third-order valence-corrected chi connectivity index (χ3v) is 4.67. The second kappa shape index (κ2) is 12.4. The summed E-state index contributed by atoms with van der Waals surface area (Å²) in [5, 5.41) is 17.5. The largest absolute Gasteiger partial charge is 0.444 e. The van der Waals surface area contributed by atoms with Crippen LogP contribution in [0.15, 0.2) is 18.2 Å². The molecule has 32 heavy (non-hydrogen) atoms. The Morgan fingerprint density at radius 3 is 2.25 bits per heavy atom. The van der Waals surface area contributed by atoms with E-state index in [2.05, 4.69) is 16.0 Å². The van der Waals surface area contributed by atoms with Crippen molar-refractivity contribution in [3.63, 3.8) is 0 Å². The number of alkyl carbamates (subject to hydrolysis) is 1. The van der Waals surface area contributed by atoms with Crippen LogP contribution in [0.1, 0.15) is 59.1 Å². The van der Waals surface area contributed by atoms with E-state index in [-0.39, 0.29) is 12.5 Å². The summed E-state index contributed by atoms with van der Waals surface area (Å²) in [6.07, 6.45) is 0.754. The Balaban J connectivity index is 2.79. The first-order valence-electron chi connectivity index (χ1n) is 10.9. The number of hydrogen-bond donors (Lipinski definition) is 5. The van der Waals surface area contributed by atoms with Crippen molar-refractivity contribution >= 4 is 23.6 Å². The molecule has 0 aliphatic rings. The summed E-state index contributed by atoms with van der Waals surface area (Å²) in [6.45, 7) is 10.8. The summed E-state index contributed by atoms with van der Waals surface area (Å²) in [5.41, 5.74) is 7.14. The van der Waals surface area contributed by atoms with E-state index in [1.165, 1.54) is 0 Å². The van der Waals surface area contributed by atoms with Gasteiger partial charge in [-0.15, -0.1) is 0 Å². The molecule has 9 nitrogen and oxygen atoms in total. The smallest absolute Gasteiger partial charge is 0.408 e. The lowest BCUT2D eigenvalue weighted by molar-refractivity contribution is -0.128. The monoisotopic (exact) mass is 450 g/mol. The molecule has 3 amide bonds. The van der Waals surface area contributed by atoms with Crippen LogP contribution in [0.5, 0.6) is 0 Å². The topological polar surface area (TPSA) is 143 Å². The molecule has 0 saturated carbocycles. The minimum atomic E-state index is -0.855. The van der Waals surface area contributed by atoms with Crippen LogP contribution in [0.2, 0.25) is 0 Å². The molecule has 0 unspecified atom stereocenters. The van der Waals surface area contributed by atoms with Gasteiger partial charge in [0.2, 0.25) is 11.8 Å². The number of nitrogens with two attached hydrogens (primary N) is 1. The van der Waals surface area contributed by atoms with E-state index in [4.69, 9.17) is 10.5 Å². The number of benzene rings is 1. The summed E-state index contributed by atoms with van der Waals surface area (Å²) in [6, 6.07) is 3.56. The van der Waals surface area contributed by atoms with E-state index in [0.717, 1.165) is 17.5 Å². The van der Waals surface area contributed by atoms with Crippen molar-refractivity contribution in [2.75, 3.05) is 11.9 Å². The maximum atomic E-state index is 12.7. The van der Waals surface area contributed by atoms with Gasteiger partial charge in [0.05, 0.1) is 6.61 Å². The minimum absolute atomic E-state index is 0.0954. The number of carbonyl (C=O) groups excluding carboxylic acids is 3. The Morgan fingerprint density at radius 1 is 1.06 bits per heavy atom. The molecule has 0 aliphatic carbocycles. The van der Waals surface area contributed by atoms with Gasteiger partial charge < -0.3 is 31.5 Å². The molecule has 0 heterocycles. The number of ether oxygens (including phenoxy) is 1. The minimum Gasteiger partial charge on any atom is -0.444 e. The zero-order chi connectivity index (χ0) is 24.5. The fourth-order valence-corrected chi connectivity index (χ4v) is 2.97. The van der Waals surface area contributed by atoms with Gasteiger partial charge in [-0.1, -0.05) is 19.9 Å². The molecule has 1 aromatic rings. The summed E-state index contributed by atoms with van der Waals surface area (Å²) in [4.78, 5) is 37.4. The third-order valence-electron chi connectivity index (χ3n) is 4.67. The Labute approximate surface area is 190 Å². The molecular formula is C23H38N4O5. The van der Waals surface area contributed by atoms with Crippen molar-refractivity contribution in [1.29, 1.82) is 0 Å². The van der Waals surface area contributed by atoms with Gasteiger partial charge in [-0.05, 0) is 76.3 Å². The van der Waals surface area contributed by atoms with E-state index < -0.39 is 35.6 Å². The van der Waals surface area contributed by atoms with E-state index >= 15 is 0 Å². The van der Waals surface area contributed by atoms with Crippen LogP contribution in [-0.2, 0) is 27.4 Å². The first-order chi connectivity index (χ1) is 14.9. The molecule has 6 N–H and O–H groups in total. The second-order valence-electron chi connectivity index (χ2n) is 9.12. The molecule has 0 aliphatic heterocycles. The van der Waals surface area contributed by atoms with Crippen molar-refractivity contribution in [2.45, 2.75) is 78.7 Å². The van der Waals surface area contributed by atoms with E-state index in [1.54, 1.807) is 59.7 Å². The van der Waals surface area contributed by atoms with Crippen LogP contribution in [0.4, 0.5) is 10.5 Å². The fourth-order valence-electron chi connectivity index (χ4n) is 2.97. The first kappa shape index (κ1) is 27.4. The molecule has 0 spiro atoms. The standard InChI is InChI=1S/C23H38N4O5/c1-14(2)19(27-22(31)32-23(4,5)6)21(30)25-15(3)20(29)26-18-10-9-17(13-28)16(12-18)8-7-11-24/h9-10,12,14-15,19,28H,7-8,11,13,24H2,1-6H3,(H,25,30)(H,26,29)(H,27,31)/t15-,19-/m0/s1. The van der Waals surface area contributed by atoms with Gasteiger partial charge >= 0.3 is 6.09 Å². The van der Waals surface area contributed by atoms with Gasteiger partial charge in [0.15, 0.2) is 0 Å². The normalized spacial score (nSPS) is 13.3. The van der Waals surface area contributed by atoms with Crippen LogP contribution in [0, 0.1) is 5.92 Å². The van der Waals surface area contributed by atoms with E-state index in [0.29, 0.717) is 18.7 Å². The number of rotatable bonds is 10. The predicted molar refractivity (Wildman–Crippen MR) is 124 cm³/mol. The van der Waals surface area contributed by atoms with Crippen molar-refractivity contribution < 1.29 is 24.2 Å². The summed E-state index contributed by atoms with van der Waals surface area (Å²) < 4.78 is 5.22. The van der Waals surface area contributed by atoms with Crippen molar-refractivity contribution in [3.05, 3.63) is 29.3 Å². The predicted octanol–water partition coefficient (Wildman–Crippen LogP) is 2.06. The second-order valence-corrected chi connectivity index (χ2v) is 9.12. The molecule has 2 atom stereocenters. The molecule has 0 bridgehead atoms. The molecular weight excluding hydrogens is 412 g/mol. The number of aliphatic hydroxyl groups is 1. The molecule has 0 saturated heterocycles. The number of hydrogen-bond acceptors (Lipinski definition) is 6. The van der Waals surface area contributed by atoms with Gasteiger partial charge in [-0.3, -0.25) is 9.59 Å². The summed E-state index contributed by atoms with van der Waals surface area (Å²) >= 11 is 0. The number of aliphatic hydroxyl groups excluding tert-OH is 1. The van der Waals surface area contributed by atoms with Crippen molar-refractivity contribution in [1.82, 2.24) is 10.6 Å². The highest BCUT2D eigenvalue weighted by Crippen LogP contribution is 2.18. The van der Waals surface area contributed by atoms with Gasteiger partial charge in [-0.2, -0.15) is 0 Å². The van der Waals surface area contributed by atoms with Crippen molar-refractivity contribution in [2.24, 2.45) is 11.7 Å². The van der Waals surface area contributed by atoms with Crippen LogP contribution in [-0.4, -0.2) is 47.2 Å². The quantitative estimate of drug-likeness (QED) is 0.369. The maximum absolute atomic E-state index is 12.7. The summed E-state index contributed by atoms with van der Waals surface area (Å²) in [5.74, 6) is -1.10. The Morgan fingerprint density at radius 2 is 1.72 bits per heavy atom. The Bertz CT molecular complexity index is 789. The lowest BCUT2D eigenvalue weighted by Crippen LogP contribution is -2.54. The van der Waals surface area contributed by atoms with E-state index in [9.17, 15) is 19.5 Å². The number of aryl methyl sites for hydroxylation is 1. The zero-order valence-corrected chi connectivity index (χ0v) is 20.0. The van der Waals surface area contributed by atoms with E-state index in [1.807, 2.05) is 0 Å². The molecule has 1 rings (SSSR count). The highest BCUT2D eigenvalue weighted by atomic mass is 16.6. The molecule has 1 aromatic carbocycles. The van der Waals surface area contributed by atoms with Gasteiger partial charge in [-0.25, -0.2) is 4.79 Å².